The molecule has 132 valence electrons. The summed E-state index contributed by atoms with van der Waals surface area (Å²) in [5.41, 5.74) is 2.30. The lowest BCUT2D eigenvalue weighted by molar-refractivity contribution is -0.139. The van der Waals surface area contributed by atoms with Gasteiger partial charge in [0.25, 0.3) is 0 Å². The van der Waals surface area contributed by atoms with Crippen LogP contribution in [0.1, 0.15) is 25.3 Å². The van der Waals surface area contributed by atoms with Crippen LogP contribution in [0, 0.1) is 0 Å². The van der Waals surface area contributed by atoms with Crippen molar-refractivity contribution >= 4 is 33.5 Å². The maximum atomic E-state index is 13.0. The summed E-state index contributed by atoms with van der Waals surface area (Å²) < 4.78 is 40.2. The summed E-state index contributed by atoms with van der Waals surface area (Å²) in [5, 5.41) is 4.15. The summed E-state index contributed by atoms with van der Waals surface area (Å²) in [6.45, 7) is 1.70. The van der Waals surface area contributed by atoms with Crippen molar-refractivity contribution in [1.82, 2.24) is 19.9 Å². The molecule has 2 heterocycles. The van der Waals surface area contributed by atoms with Gasteiger partial charge >= 0.3 is 6.18 Å². The highest BCUT2D eigenvalue weighted by molar-refractivity contribution is 6.34. The highest BCUT2D eigenvalue weighted by Crippen LogP contribution is 2.36. The first kappa shape index (κ1) is 16.6. The van der Waals surface area contributed by atoms with Gasteiger partial charge in [-0.2, -0.15) is 13.2 Å². The zero-order valence-electron chi connectivity index (χ0n) is 13.5. The quantitative estimate of drug-likeness (QED) is 0.692. The van der Waals surface area contributed by atoms with Crippen molar-refractivity contribution in [1.29, 1.82) is 0 Å². The van der Waals surface area contributed by atoms with Crippen LogP contribution in [-0.4, -0.2) is 26.3 Å². The SMILES string of the molecule is CC1(NCc2ccc3c(c2)c2ncnc(Cl)c2n3CC(F)(F)F)CC1. The van der Waals surface area contributed by atoms with Crippen LogP contribution in [0.4, 0.5) is 13.2 Å². The van der Waals surface area contributed by atoms with Crippen molar-refractivity contribution in [2.75, 3.05) is 0 Å². The molecule has 0 atom stereocenters. The van der Waals surface area contributed by atoms with Gasteiger partial charge < -0.3 is 9.88 Å². The van der Waals surface area contributed by atoms with E-state index in [-0.39, 0.29) is 16.2 Å². The number of hydrogen-bond donors (Lipinski definition) is 1. The van der Waals surface area contributed by atoms with E-state index in [1.807, 2.05) is 12.1 Å². The first-order valence-corrected chi connectivity index (χ1v) is 8.37. The molecule has 8 heteroatoms. The molecule has 1 saturated carbocycles. The molecule has 0 radical (unpaired) electrons. The van der Waals surface area contributed by atoms with Crippen LogP contribution in [0.25, 0.3) is 21.9 Å². The summed E-state index contributed by atoms with van der Waals surface area (Å²) in [7, 11) is 0. The maximum absolute atomic E-state index is 13.0. The zero-order valence-corrected chi connectivity index (χ0v) is 14.2. The first-order chi connectivity index (χ1) is 11.8. The van der Waals surface area contributed by atoms with Gasteiger partial charge in [0.1, 0.15) is 23.9 Å². The fourth-order valence-electron chi connectivity index (χ4n) is 3.06. The Morgan fingerprint density at radius 3 is 2.72 bits per heavy atom. The Balaban J connectivity index is 1.84. The maximum Gasteiger partial charge on any atom is 0.406 e. The van der Waals surface area contributed by atoms with Crippen LogP contribution >= 0.6 is 11.6 Å². The summed E-state index contributed by atoms with van der Waals surface area (Å²) in [6.07, 6.45) is -0.803. The van der Waals surface area contributed by atoms with Gasteiger partial charge in [0.15, 0.2) is 5.15 Å². The molecule has 1 N–H and O–H groups in total. The van der Waals surface area contributed by atoms with Crippen LogP contribution < -0.4 is 5.32 Å². The molecule has 0 bridgehead atoms. The second kappa shape index (κ2) is 5.57. The molecular weight excluding hydrogens is 353 g/mol. The van der Waals surface area contributed by atoms with Crippen LogP contribution in [0.3, 0.4) is 0 Å². The van der Waals surface area contributed by atoms with Gasteiger partial charge in [-0.3, -0.25) is 0 Å². The number of nitrogens with one attached hydrogen (secondary N) is 1. The molecule has 0 spiro atoms. The Labute approximate surface area is 147 Å². The minimum atomic E-state index is -4.36. The van der Waals surface area contributed by atoms with Gasteiger partial charge in [-0.25, -0.2) is 9.97 Å². The number of fused-ring (bicyclic) bond motifs is 3. The lowest BCUT2D eigenvalue weighted by Crippen LogP contribution is -2.26. The van der Waals surface area contributed by atoms with Gasteiger partial charge in [-0.1, -0.05) is 17.7 Å². The van der Waals surface area contributed by atoms with Crippen molar-refractivity contribution in [3.63, 3.8) is 0 Å². The molecule has 0 aliphatic heterocycles. The summed E-state index contributed by atoms with van der Waals surface area (Å²) in [6, 6.07) is 5.42. The molecule has 1 fully saturated rings. The summed E-state index contributed by atoms with van der Waals surface area (Å²) >= 11 is 6.08. The third-order valence-electron chi connectivity index (χ3n) is 4.71. The van der Waals surface area contributed by atoms with Crippen LogP contribution in [0.5, 0.6) is 0 Å². The first-order valence-electron chi connectivity index (χ1n) is 7.99. The predicted molar refractivity (Wildman–Crippen MR) is 90.6 cm³/mol. The second-order valence-corrected chi connectivity index (χ2v) is 7.19. The minimum absolute atomic E-state index is 0.0237. The number of alkyl halides is 3. The van der Waals surface area contributed by atoms with E-state index in [1.54, 1.807) is 6.07 Å². The minimum Gasteiger partial charge on any atom is -0.327 e. The molecule has 4 rings (SSSR count). The van der Waals surface area contributed by atoms with Crippen molar-refractivity contribution in [2.24, 2.45) is 0 Å². The molecular formula is C17H16ClF3N4. The molecule has 3 aromatic rings. The van der Waals surface area contributed by atoms with E-state index in [0.29, 0.717) is 23.0 Å². The molecule has 1 aromatic carbocycles. The fraction of sp³-hybridized carbons (Fsp3) is 0.412. The van der Waals surface area contributed by atoms with E-state index in [1.165, 1.54) is 6.33 Å². The Bertz CT molecular complexity index is 960. The van der Waals surface area contributed by atoms with Gasteiger partial charge in [0, 0.05) is 17.5 Å². The van der Waals surface area contributed by atoms with Gasteiger partial charge in [0.2, 0.25) is 0 Å². The van der Waals surface area contributed by atoms with Gasteiger partial charge in [-0.15, -0.1) is 0 Å². The summed E-state index contributed by atoms with van der Waals surface area (Å²) in [4.78, 5) is 8.03. The van der Waals surface area contributed by atoms with Crippen LogP contribution in [0.15, 0.2) is 24.5 Å². The number of nitrogens with zero attached hydrogens (tertiary/aromatic N) is 3. The number of halogens is 4. The molecule has 0 amide bonds. The monoisotopic (exact) mass is 368 g/mol. The topological polar surface area (TPSA) is 42.7 Å². The normalized spacial score (nSPS) is 16.7. The molecule has 1 aliphatic rings. The number of aromatic nitrogens is 3. The standard InChI is InChI=1S/C17H16ClF3N4/c1-16(4-5-16)24-7-10-2-3-12-11(6-10)13-14(15(18)23-9-22-13)25(12)8-17(19,20)21/h2-3,6,9,24H,4-5,7-8H2,1H3. The smallest absolute Gasteiger partial charge is 0.327 e. The largest absolute Gasteiger partial charge is 0.406 e. The number of rotatable bonds is 4. The predicted octanol–water partition coefficient (Wildman–Crippen LogP) is 4.44. The van der Waals surface area contributed by atoms with Gasteiger partial charge in [-0.05, 0) is 37.5 Å². The number of hydrogen-bond acceptors (Lipinski definition) is 3. The van der Waals surface area contributed by atoms with E-state index in [2.05, 4.69) is 22.2 Å². The lowest BCUT2D eigenvalue weighted by atomic mass is 10.1. The third-order valence-corrected chi connectivity index (χ3v) is 4.99. The molecule has 4 nitrogen and oxygen atoms in total. The molecule has 0 saturated heterocycles. The highest BCUT2D eigenvalue weighted by Gasteiger charge is 2.36. The van der Waals surface area contributed by atoms with E-state index in [9.17, 15) is 13.2 Å². The molecule has 25 heavy (non-hydrogen) atoms. The Morgan fingerprint density at radius 1 is 1.28 bits per heavy atom. The average molecular weight is 369 g/mol. The highest BCUT2D eigenvalue weighted by atomic mass is 35.5. The van der Waals surface area contributed by atoms with Crippen molar-refractivity contribution in [3.05, 3.63) is 35.2 Å². The second-order valence-electron chi connectivity index (χ2n) is 6.83. The number of benzene rings is 1. The van der Waals surface area contributed by atoms with E-state index >= 15 is 0 Å². The van der Waals surface area contributed by atoms with E-state index in [4.69, 9.17) is 11.6 Å². The van der Waals surface area contributed by atoms with Crippen molar-refractivity contribution in [3.8, 4) is 0 Å². The Morgan fingerprint density at radius 2 is 2.04 bits per heavy atom. The molecule has 1 aliphatic carbocycles. The van der Waals surface area contributed by atoms with Gasteiger partial charge in [0.05, 0.1) is 5.52 Å². The van der Waals surface area contributed by atoms with E-state index < -0.39 is 12.7 Å². The third kappa shape index (κ3) is 3.18. The van der Waals surface area contributed by atoms with Crippen LogP contribution in [0.2, 0.25) is 5.15 Å². The van der Waals surface area contributed by atoms with E-state index in [0.717, 1.165) is 23.0 Å². The lowest BCUT2D eigenvalue weighted by Gasteiger charge is -2.12. The average Bonchev–Trinajstić information content (AvgIpc) is 3.20. The van der Waals surface area contributed by atoms with Crippen LogP contribution in [-0.2, 0) is 13.1 Å². The molecule has 0 unspecified atom stereocenters. The zero-order chi connectivity index (χ0) is 17.8. The Kier molecular flexibility index (Phi) is 3.70. The summed E-state index contributed by atoms with van der Waals surface area (Å²) in [5.74, 6) is 0. The van der Waals surface area contributed by atoms with Crippen molar-refractivity contribution < 1.29 is 13.2 Å². The molecule has 2 aromatic heterocycles. The Hall–Kier alpha value is -1.86. The van der Waals surface area contributed by atoms with Crippen molar-refractivity contribution in [2.45, 2.75) is 44.6 Å². The fourth-order valence-corrected chi connectivity index (χ4v) is 3.29.